The summed E-state index contributed by atoms with van der Waals surface area (Å²) in [5.74, 6) is 0. The third-order valence-electron chi connectivity index (χ3n) is 5.49. The second-order valence-corrected chi connectivity index (χ2v) is 10.5. The lowest BCUT2D eigenvalue weighted by atomic mass is 10.0. The van der Waals surface area contributed by atoms with Crippen LogP contribution in [0.3, 0.4) is 0 Å². The van der Waals surface area contributed by atoms with Gasteiger partial charge in [-0.3, -0.25) is 0 Å². The molecule has 2 aromatic carbocycles. The van der Waals surface area contributed by atoms with E-state index in [1.807, 2.05) is 39.0 Å². The van der Waals surface area contributed by atoms with Crippen LogP contribution in [-0.4, -0.2) is 11.7 Å². The van der Waals surface area contributed by atoms with Gasteiger partial charge in [0.2, 0.25) is 0 Å². The Morgan fingerprint density at radius 1 is 0.871 bits per heavy atom. The number of benzene rings is 2. The van der Waals surface area contributed by atoms with E-state index in [1.54, 1.807) is 16.7 Å². The number of anilines is 2. The lowest BCUT2D eigenvalue weighted by Gasteiger charge is -2.33. The van der Waals surface area contributed by atoms with Crippen LogP contribution in [0.1, 0.15) is 84.6 Å². The van der Waals surface area contributed by atoms with Crippen LogP contribution in [0.25, 0.3) is 0 Å². The van der Waals surface area contributed by atoms with Crippen molar-refractivity contribution in [3.63, 3.8) is 0 Å². The van der Waals surface area contributed by atoms with Crippen LogP contribution in [0.2, 0.25) is 0 Å². The number of hydrogen-bond acceptors (Lipinski definition) is 3. The highest BCUT2D eigenvalue weighted by Gasteiger charge is 2.31. The Balaban J connectivity index is 1.69. The molecule has 0 unspecified atom stereocenters. The Hall–Kier alpha value is -1.94. The highest BCUT2D eigenvalue weighted by atomic mass is 32.2. The fourth-order valence-electron chi connectivity index (χ4n) is 3.92. The van der Waals surface area contributed by atoms with Gasteiger partial charge in [-0.15, -0.1) is 0 Å². The zero-order valence-corrected chi connectivity index (χ0v) is 20.4. The van der Waals surface area contributed by atoms with E-state index in [4.69, 9.17) is 4.74 Å². The molecule has 0 bridgehead atoms. The monoisotopic (exact) mass is 439 g/mol. The summed E-state index contributed by atoms with van der Waals surface area (Å²) in [7, 11) is 0. The fourth-order valence-corrected chi connectivity index (χ4v) is 4.96. The number of nitrogens with zero attached hydrogens (tertiary/aromatic N) is 1. The third kappa shape index (κ3) is 6.77. The molecule has 31 heavy (non-hydrogen) atoms. The van der Waals surface area contributed by atoms with Gasteiger partial charge in [0.15, 0.2) is 0 Å². The SMILES string of the molecule is CCCCCCCCCCc1ccc2c(c1)N(C(=O)OC(C)(C)C)c1ccccc1S2. The van der Waals surface area contributed by atoms with Crippen molar-refractivity contribution >= 4 is 29.2 Å². The van der Waals surface area contributed by atoms with Crippen molar-refractivity contribution in [3.8, 4) is 0 Å². The zero-order chi connectivity index (χ0) is 22.3. The summed E-state index contributed by atoms with van der Waals surface area (Å²) in [4.78, 5) is 17.1. The molecule has 3 rings (SSSR count). The number of para-hydroxylation sites is 1. The average Bonchev–Trinajstić information content (AvgIpc) is 2.72. The van der Waals surface area contributed by atoms with Gasteiger partial charge in [-0.1, -0.05) is 81.8 Å². The Labute approximate surface area is 192 Å². The van der Waals surface area contributed by atoms with Crippen LogP contribution in [0.5, 0.6) is 0 Å². The van der Waals surface area contributed by atoms with Crippen molar-refractivity contribution in [2.45, 2.75) is 101 Å². The first-order valence-corrected chi connectivity index (χ1v) is 12.6. The molecule has 4 heteroatoms. The van der Waals surface area contributed by atoms with Gasteiger partial charge >= 0.3 is 6.09 Å². The first-order valence-electron chi connectivity index (χ1n) is 11.8. The highest BCUT2D eigenvalue weighted by molar-refractivity contribution is 7.99. The van der Waals surface area contributed by atoms with Crippen molar-refractivity contribution in [1.29, 1.82) is 0 Å². The minimum atomic E-state index is -0.536. The molecular formula is C27H37NO2S. The van der Waals surface area contributed by atoms with E-state index in [0.717, 1.165) is 27.6 Å². The van der Waals surface area contributed by atoms with Crippen molar-refractivity contribution in [3.05, 3.63) is 48.0 Å². The quantitative estimate of drug-likeness (QED) is 0.365. The van der Waals surface area contributed by atoms with Crippen molar-refractivity contribution in [2.75, 3.05) is 4.90 Å². The number of rotatable bonds is 9. The lowest BCUT2D eigenvalue weighted by molar-refractivity contribution is 0.0597. The number of amides is 1. The Morgan fingerprint density at radius 2 is 1.52 bits per heavy atom. The molecule has 0 N–H and O–H groups in total. The van der Waals surface area contributed by atoms with E-state index in [9.17, 15) is 4.79 Å². The minimum Gasteiger partial charge on any atom is -0.443 e. The molecule has 0 spiro atoms. The van der Waals surface area contributed by atoms with Gasteiger partial charge in [-0.05, 0) is 63.4 Å². The number of unbranched alkanes of at least 4 members (excludes halogenated alkanes) is 7. The topological polar surface area (TPSA) is 29.5 Å². The van der Waals surface area contributed by atoms with Gasteiger partial charge in [-0.2, -0.15) is 0 Å². The summed E-state index contributed by atoms with van der Waals surface area (Å²) in [6, 6.07) is 14.6. The third-order valence-corrected chi connectivity index (χ3v) is 6.62. The molecule has 0 saturated heterocycles. The first-order chi connectivity index (χ1) is 14.9. The van der Waals surface area contributed by atoms with E-state index >= 15 is 0 Å². The molecule has 0 fully saturated rings. The molecular weight excluding hydrogens is 402 g/mol. The van der Waals surface area contributed by atoms with Crippen LogP contribution in [0.15, 0.2) is 52.3 Å². The van der Waals surface area contributed by atoms with Crippen LogP contribution < -0.4 is 4.90 Å². The van der Waals surface area contributed by atoms with Crippen LogP contribution in [-0.2, 0) is 11.2 Å². The number of carbonyl (C=O) groups is 1. The predicted octanol–water partition coefficient (Wildman–Crippen LogP) is 8.91. The van der Waals surface area contributed by atoms with Crippen LogP contribution in [0, 0.1) is 0 Å². The van der Waals surface area contributed by atoms with E-state index in [0.29, 0.717) is 0 Å². The lowest BCUT2D eigenvalue weighted by Crippen LogP contribution is -2.35. The molecule has 168 valence electrons. The van der Waals surface area contributed by atoms with E-state index < -0.39 is 5.60 Å². The number of aryl methyl sites for hydroxylation is 1. The molecule has 0 aliphatic carbocycles. The molecule has 0 aromatic heterocycles. The van der Waals surface area contributed by atoms with E-state index in [2.05, 4.69) is 31.2 Å². The average molecular weight is 440 g/mol. The summed E-state index contributed by atoms with van der Waals surface area (Å²) in [5, 5.41) is 0. The van der Waals surface area contributed by atoms with E-state index in [-0.39, 0.29) is 6.09 Å². The largest absolute Gasteiger partial charge is 0.443 e. The second kappa shape index (κ2) is 11.1. The fraction of sp³-hybridized carbons (Fsp3) is 0.519. The maximum atomic E-state index is 13.2. The summed E-state index contributed by atoms with van der Waals surface area (Å²) in [6.07, 6.45) is 11.3. The van der Waals surface area contributed by atoms with Gasteiger partial charge in [0.25, 0.3) is 0 Å². The first kappa shape index (κ1) is 23.7. The number of fused-ring (bicyclic) bond motifs is 2. The smallest absolute Gasteiger partial charge is 0.419 e. The maximum Gasteiger partial charge on any atom is 0.419 e. The number of carbonyl (C=O) groups excluding carboxylic acids is 1. The Bertz CT molecular complexity index is 872. The minimum absolute atomic E-state index is 0.314. The Morgan fingerprint density at radius 3 is 2.23 bits per heavy atom. The van der Waals surface area contributed by atoms with Crippen molar-refractivity contribution in [1.82, 2.24) is 0 Å². The number of hydrogen-bond donors (Lipinski definition) is 0. The second-order valence-electron chi connectivity index (χ2n) is 9.41. The molecule has 0 saturated carbocycles. The van der Waals surface area contributed by atoms with Crippen LogP contribution >= 0.6 is 11.8 Å². The van der Waals surface area contributed by atoms with Gasteiger partial charge < -0.3 is 4.74 Å². The highest BCUT2D eigenvalue weighted by Crippen LogP contribution is 2.48. The standard InChI is InChI=1S/C27H37NO2S/c1-5-6-7-8-9-10-11-12-15-21-18-19-25-23(20-21)28(26(29)30-27(2,3)4)22-16-13-14-17-24(22)31-25/h13-14,16-20H,5-12,15H2,1-4H3. The number of ether oxygens (including phenoxy) is 1. The maximum absolute atomic E-state index is 13.2. The molecule has 2 aromatic rings. The molecule has 1 aliphatic rings. The summed E-state index contributed by atoms with van der Waals surface area (Å²) < 4.78 is 5.76. The van der Waals surface area contributed by atoms with Gasteiger partial charge in [0.1, 0.15) is 5.60 Å². The Kier molecular flexibility index (Phi) is 8.48. The zero-order valence-electron chi connectivity index (χ0n) is 19.6. The predicted molar refractivity (Wildman–Crippen MR) is 132 cm³/mol. The van der Waals surface area contributed by atoms with Crippen LogP contribution in [0.4, 0.5) is 16.2 Å². The van der Waals surface area contributed by atoms with Gasteiger partial charge in [0, 0.05) is 9.79 Å². The summed E-state index contributed by atoms with van der Waals surface area (Å²) in [5.41, 5.74) is 2.60. The molecule has 3 nitrogen and oxygen atoms in total. The normalized spacial score (nSPS) is 13.0. The molecule has 1 heterocycles. The summed E-state index contributed by atoms with van der Waals surface area (Å²) in [6.45, 7) is 8.00. The van der Waals surface area contributed by atoms with Gasteiger partial charge in [-0.25, -0.2) is 9.69 Å². The molecule has 1 aliphatic heterocycles. The van der Waals surface area contributed by atoms with Gasteiger partial charge in [0.05, 0.1) is 11.4 Å². The summed E-state index contributed by atoms with van der Waals surface area (Å²) >= 11 is 1.72. The van der Waals surface area contributed by atoms with E-state index in [1.165, 1.54) is 56.9 Å². The molecule has 0 atom stereocenters. The van der Waals surface area contributed by atoms with Crippen molar-refractivity contribution < 1.29 is 9.53 Å². The molecule has 1 amide bonds. The molecule has 0 radical (unpaired) electrons. The van der Waals surface area contributed by atoms with Crippen molar-refractivity contribution in [2.24, 2.45) is 0 Å².